The van der Waals surface area contributed by atoms with Crippen molar-refractivity contribution in [3.63, 3.8) is 0 Å². The van der Waals surface area contributed by atoms with Gasteiger partial charge in [-0.1, -0.05) is 18.9 Å². The molecule has 1 aromatic carbocycles. The second-order valence-corrected chi connectivity index (χ2v) is 8.64. The Kier molecular flexibility index (Phi) is 3.94. The molecule has 1 saturated carbocycles. The highest BCUT2D eigenvalue weighted by Gasteiger charge is 2.33. The molecule has 2 rings (SSSR count). The summed E-state index contributed by atoms with van der Waals surface area (Å²) in [6.45, 7) is 1.86. The number of primary sulfonamides is 1. The van der Waals surface area contributed by atoms with Crippen LogP contribution in [0.15, 0.2) is 34.1 Å². The quantitative estimate of drug-likeness (QED) is 0.861. The third-order valence-corrected chi connectivity index (χ3v) is 6.08. The van der Waals surface area contributed by atoms with Crippen molar-refractivity contribution < 1.29 is 16.8 Å². The fraction of sp³-hybridized carbons (Fsp3) is 0.500. The third kappa shape index (κ3) is 3.38. The van der Waals surface area contributed by atoms with E-state index in [2.05, 4.69) is 4.72 Å². The van der Waals surface area contributed by atoms with Crippen LogP contribution in [0.4, 0.5) is 0 Å². The predicted molar refractivity (Wildman–Crippen MR) is 75.0 cm³/mol. The number of hydrogen-bond acceptors (Lipinski definition) is 4. The van der Waals surface area contributed by atoms with Gasteiger partial charge in [0, 0.05) is 5.54 Å². The van der Waals surface area contributed by atoms with E-state index in [1.807, 2.05) is 6.92 Å². The highest BCUT2D eigenvalue weighted by atomic mass is 32.2. The van der Waals surface area contributed by atoms with Crippen LogP contribution in [0.5, 0.6) is 0 Å². The van der Waals surface area contributed by atoms with Gasteiger partial charge in [0.2, 0.25) is 20.0 Å². The Hall–Kier alpha value is -0.960. The predicted octanol–water partition coefficient (Wildman–Crippen LogP) is 0.945. The molecular formula is C12H18N2O4S2. The largest absolute Gasteiger partial charge is 0.241 e. The number of benzene rings is 1. The zero-order valence-corrected chi connectivity index (χ0v) is 12.8. The Balaban J connectivity index is 2.35. The summed E-state index contributed by atoms with van der Waals surface area (Å²) in [4.78, 5) is -0.297. The number of nitrogens with one attached hydrogen (secondary N) is 1. The molecule has 8 heteroatoms. The van der Waals surface area contributed by atoms with Gasteiger partial charge < -0.3 is 0 Å². The monoisotopic (exact) mass is 318 g/mol. The van der Waals surface area contributed by atoms with E-state index in [-0.39, 0.29) is 9.79 Å². The molecule has 6 nitrogen and oxygen atoms in total. The normalized spacial score (nSPS) is 19.1. The van der Waals surface area contributed by atoms with Crippen molar-refractivity contribution in [2.45, 2.75) is 47.9 Å². The second-order valence-electron chi connectivity index (χ2n) is 5.39. The van der Waals surface area contributed by atoms with Crippen molar-refractivity contribution in [3.05, 3.63) is 24.3 Å². The number of nitrogens with two attached hydrogens (primary N) is 1. The van der Waals surface area contributed by atoms with E-state index in [1.54, 1.807) is 0 Å². The molecule has 20 heavy (non-hydrogen) atoms. The molecule has 1 fully saturated rings. The van der Waals surface area contributed by atoms with Gasteiger partial charge >= 0.3 is 0 Å². The lowest BCUT2D eigenvalue weighted by molar-refractivity contribution is 0.427. The molecule has 0 bridgehead atoms. The molecule has 0 atom stereocenters. The zero-order chi connectivity index (χ0) is 15.0. The van der Waals surface area contributed by atoms with Crippen molar-refractivity contribution in [1.82, 2.24) is 4.72 Å². The Bertz CT molecular complexity index is 705. The van der Waals surface area contributed by atoms with Gasteiger partial charge in [-0.15, -0.1) is 0 Å². The summed E-state index contributed by atoms with van der Waals surface area (Å²) < 4.78 is 49.9. The molecule has 0 heterocycles. The molecule has 0 saturated heterocycles. The minimum Gasteiger partial charge on any atom is -0.225 e. The summed E-state index contributed by atoms with van der Waals surface area (Å²) in [5.41, 5.74) is -0.462. The van der Waals surface area contributed by atoms with Crippen molar-refractivity contribution in [1.29, 1.82) is 0 Å². The maximum absolute atomic E-state index is 12.3. The average Bonchev–Trinajstić information content (AvgIpc) is 2.74. The van der Waals surface area contributed by atoms with Gasteiger partial charge in [-0.3, -0.25) is 0 Å². The highest BCUT2D eigenvalue weighted by Crippen LogP contribution is 2.30. The molecule has 3 N–H and O–H groups in total. The first-order chi connectivity index (χ1) is 9.12. The molecule has 112 valence electrons. The van der Waals surface area contributed by atoms with Gasteiger partial charge in [-0.25, -0.2) is 26.7 Å². The minimum atomic E-state index is -3.92. The van der Waals surface area contributed by atoms with Gasteiger partial charge in [0.05, 0.1) is 9.79 Å². The van der Waals surface area contributed by atoms with Crippen molar-refractivity contribution in [2.24, 2.45) is 5.14 Å². The fourth-order valence-electron chi connectivity index (χ4n) is 2.46. The first kappa shape index (κ1) is 15.4. The van der Waals surface area contributed by atoms with Crippen LogP contribution in [0.25, 0.3) is 0 Å². The summed E-state index contributed by atoms with van der Waals surface area (Å²) >= 11 is 0. The molecule has 0 aromatic heterocycles. The van der Waals surface area contributed by atoms with Crippen LogP contribution in [0.2, 0.25) is 0 Å². The molecule has 1 aromatic rings. The van der Waals surface area contributed by atoms with Crippen molar-refractivity contribution >= 4 is 20.0 Å². The summed E-state index contributed by atoms with van der Waals surface area (Å²) in [6.07, 6.45) is 3.52. The maximum atomic E-state index is 12.3. The lowest BCUT2D eigenvalue weighted by Crippen LogP contribution is -2.43. The maximum Gasteiger partial charge on any atom is 0.241 e. The van der Waals surface area contributed by atoms with Gasteiger partial charge in [-0.05, 0) is 38.0 Å². The van der Waals surface area contributed by atoms with Crippen LogP contribution < -0.4 is 9.86 Å². The van der Waals surface area contributed by atoms with E-state index in [9.17, 15) is 16.8 Å². The zero-order valence-electron chi connectivity index (χ0n) is 11.2. The lowest BCUT2D eigenvalue weighted by atomic mass is 10.0. The van der Waals surface area contributed by atoms with Gasteiger partial charge in [0.1, 0.15) is 0 Å². The average molecular weight is 318 g/mol. The van der Waals surface area contributed by atoms with Crippen molar-refractivity contribution in [2.75, 3.05) is 0 Å². The summed E-state index contributed by atoms with van der Waals surface area (Å²) in [5.74, 6) is 0. The molecule has 0 amide bonds. The van der Waals surface area contributed by atoms with Crippen LogP contribution in [-0.2, 0) is 20.0 Å². The first-order valence-corrected chi connectivity index (χ1v) is 9.32. The van der Waals surface area contributed by atoms with E-state index in [4.69, 9.17) is 5.14 Å². The van der Waals surface area contributed by atoms with Gasteiger partial charge in [0.25, 0.3) is 0 Å². The Morgan fingerprint density at radius 3 is 2.20 bits per heavy atom. The van der Waals surface area contributed by atoms with E-state index in [0.717, 1.165) is 31.7 Å². The minimum absolute atomic E-state index is 0.0860. The molecule has 1 aliphatic rings. The molecule has 0 unspecified atom stereocenters. The smallest absolute Gasteiger partial charge is 0.225 e. The van der Waals surface area contributed by atoms with E-state index < -0.39 is 25.6 Å². The Labute approximate surface area is 119 Å². The molecule has 0 aliphatic heterocycles. The van der Waals surface area contributed by atoms with E-state index in [1.165, 1.54) is 18.2 Å². The summed E-state index contributed by atoms with van der Waals surface area (Å²) in [7, 11) is -7.68. The second kappa shape index (κ2) is 5.10. The lowest BCUT2D eigenvalue weighted by Gasteiger charge is -2.24. The number of sulfonamides is 2. The van der Waals surface area contributed by atoms with E-state index in [0.29, 0.717) is 0 Å². The highest BCUT2D eigenvalue weighted by molar-refractivity contribution is 7.90. The van der Waals surface area contributed by atoms with Crippen LogP contribution in [0.3, 0.4) is 0 Å². The molecule has 0 spiro atoms. The third-order valence-electron chi connectivity index (χ3n) is 3.53. The number of hydrogen-bond donors (Lipinski definition) is 2. The van der Waals surface area contributed by atoms with Gasteiger partial charge in [0.15, 0.2) is 0 Å². The Morgan fingerprint density at radius 2 is 1.65 bits per heavy atom. The van der Waals surface area contributed by atoms with Crippen LogP contribution in [-0.4, -0.2) is 22.4 Å². The van der Waals surface area contributed by atoms with Crippen LogP contribution in [0, 0.1) is 0 Å². The summed E-state index contributed by atoms with van der Waals surface area (Å²) in [6, 6.07) is 5.07. The standard InChI is InChI=1S/C12H18N2O4S2/c1-12(7-2-3-8-12)14-20(17,18)11-6-4-5-10(9-11)19(13,15)16/h4-6,9,14H,2-3,7-8H2,1H3,(H2,13,15,16). The molecule has 0 radical (unpaired) electrons. The molecular weight excluding hydrogens is 300 g/mol. The van der Waals surface area contributed by atoms with Gasteiger partial charge in [-0.2, -0.15) is 0 Å². The Morgan fingerprint density at radius 1 is 1.10 bits per heavy atom. The van der Waals surface area contributed by atoms with Crippen LogP contribution in [0.1, 0.15) is 32.6 Å². The van der Waals surface area contributed by atoms with Crippen molar-refractivity contribution in [3.8, 4) is 0 Å². The summed E-state index contributed by atoms with van der Waals surface area (Å²) in [5, 5.41) is 5.02. The number of rotatable bonds is 4. The van der Waals surface area contributed by atoms with E-state index >= 15 is 0 Å². The fourth-order valence-corrected chi connectivity index (χ4v) is 4.60. The topological polar surface area (TPSA) is 106 Å². The first-order valence-electron chi connectivity index (χ1n) is 6.29. The SMILES string of the molecule is CC1(NS(=O)(=O)c2cccc(S(N)(=O)=O)c2)CCCC1. The molecule has 1 aliphatic carbocycles. The van der Waals surface area contributed by atoms with Crippen LogP contribution >= 0.6 is 0 Å².